The van der Waals surface area contributed by atoms with Crippen LogP contribution in [0.2, 0.25) is 0 Å². The molecule has 2 N–H and O–H groups in total. The highest BCUT2D eigenvalue weighted by Gasteiger charge is 2.09. The monoisotopic (exact) mass is 450 g/mol. The molecule has 3 rings (SSSR count). The maximum absolute atomic E-state index is 5.27. The summed E-state index contributed by atoms with van der Waals surface area (Å²) in [6.07, 6.45) is 11.5. The molecule has 1 aliphatic heterocycles. The summed E-state index contributed by atoms with van der Waals surface area (Å²) in [5.41, 5.74) is 3.67. The molecule has 0 fully saturated rings. The van der Waals surface area contributed by atoms with E-state index in [1.807, 2.05) is 36.0 Å². The van der Waals surface area contributed by atoms with Gasteiger partial charge in [-0.2, -0.15) is 0 Å². The Morgan fingerprint density at radius 3 is 3.00 bits per heavy atom. The van der Waals surface area contributed by atoms with E-state index in [9.17, 15) is 0 Å². The van der Waals surface area contributed by atoms with Crippen LogP contribution < -0.4 is 10.0 Å². The summed E-state index contributed by atoms with van der Waals surface area (Å²) in [7, 11) is 1.58. The Labute approximate surface area is 192 Å². The normalized spacial score (nSPS) is 13.5. The maximum atomic E-state index is 5.27. The third-order valence-corrected chi connectivity index (χ3v) is 6.18. The van der Waals surface area contributed by atoms with Crippen LogP contribution >= 0.6 is 23.7 Å². The smallest absolute Gasteiger partial charge is 0.134 e. The molecule has 0 spiro atoms. The van der Waals surface area contributed by atoms with Gasteiger partial charge in [-0.05, 0) is 28.7 Å². The summed E-state index contributed by atoms with van der Waals surface area (Å²) in [4.78, 5) is 10.1. The van der Waals surface area contributed by atoms with Gasteiger partial charge < -0.3 is 10.1 Å². The number of rotatable bonds is 11. The zero-order chi connectivity index (χ0) is 21.9. The van der Waals surface area contributed by atoms with Gasteiger partial charge in [-0.1, -0.05) is 61.5 Å². The number of nitrogens with one attached hydrogen (secondary N) is 2. The molecule has 1 aliphatic rings. The van der Waals surface area contributed by atoms with E-state index in [4.69, 9.17) is 4.74 Å². The fourth-order valence-corrected chi connectivity index (χ4v) is 4.38. The van der Waals surface area contributed by atoms with Gasteiger partial charge in [0.15, 0.2) is 0 Å². The molecule has 0 bridgehead atoms. The number of ether oxygens (including phenoxy) is 1. The summed E-state index contributed by atoms with van der Waals surface area (Å²) in [5.74, 6) is 3.15. The second kappa shape index (κ2) is 12.2. The number of anilines is 2. The Bertz CT molecular complexity index is 1010. The molecule has 0 atom stereocenters. The molecule has 1 aromatic carbocycles. The Kier molecular flexibility index (Phi) is 9.02. The number of nitrogens with zero attached hydrogens (tertiary/aromatic N) is 2. The molecule has 0 saturated heterocycles. The summed E-state index contributed by atoms with van der Waals surface area (Å²) < 4.78 is 8.71. The lowest BCUT2D eigenvalue weighted by Gasteiger charge is -2.12. The lowest BCUT2D eigenvalue weighted by molar-refractivity contribution is 0.312. The van der Waals surface area contributed by atoms with Crippen molar-refractivity contribution in [2.24, 2.45) is 0 Å². The van der Waals surface area contributed by atoms with E-state index in [-0.39, 0.29) is 0 Å². The zero-order valence-electron chi connectivity index (χ0n) is 17.5. The van der Waals surface area contributed by atoms with E-state index in [1.165, 1.54) is 16.8 Å². The number of hydrogen-bond acceptors (Lipinski definition) is 7. The van der Waals surface area contributed by atoms with Gasteiger partial charge >= 0.3 is 0 Å². The van der Waals surface area contributed by atoms with Crippen LogP contribution in [0.3, 0.4) is 0 Å². The molecule has 0 saturated carbocycles. The summed E-state index contributed by atoms with van der Waals surface area (Å²) >= 11 is 3.59. The first kappa shape index (κ1) is 22.9. The van der Waals surface area contributed by atoms with E-state index >= 15 is 0 Å². The molecule has 7 heteroatoms. The lowest BCUT2D eigenvalue weighted by atomic mass is 10.1. The van der Waals surface area contributed by atoms with Crippen molar-refractivity contribution in [2.45, 2.75) is 5.75 Å². The van der Waals surface area contributed by atoms with Crippen LogP contribution in [0.1, 0.15) is 11.3 Å². The Morgan fingerprint density at radius 1 is 1.32 bits per heavy atom. The largest absolute Gasteiger partial charge is 0.497 e. The lowest BCUT2D eigenvalue weighted by Crippen LogP contribution is -2.08. The Morgan fingerprint density at radius 2 is 2.23 bits per heavy atom. The van der Waals surface area contributed by atoms with Crippen molar-refractivity contribution in [3.8, 4) is 0 Å². The van der Waals surface area contributed by atoms with Gasteiger partial charge in [-0.3, -0.25) is 4.72 Å². The highest BCUT2D eigenvalue weighted by atomic mass is 32.2. The average Bonchev–Trinajstić information content (AvgIpc) is 2.81. The highest BCUT2D eigenvalue weighted by molar-refractivity contribution is 8.03. The summed E-state index contributed by atoms with van der Waals surface area (Å²) in [6.45, 7) is 8.56. The fourth-order valence-electron chi connectivity index (χ4n) is 2.81. The molecular weight excluding hydrogens is 424 g/mol. The quantitative estimate of drug-likeness (QED) is 0.192. The van der Waals surface area contributed by atoms with Crippen LogP contribution in [-0.4, -0.2) is 29.4 Å². The van der Waals surface area contributed by atoms with Gasteiger partial charge in [0.05, 0.1) is 12.8 Å². The zero-order valence-corrected chi connectivity index (χ0v) is 19.1. The highest BCUT2D eigenvalue weighted by Crippen LogP contribution is 2.24. The Hall–Kier alpha value is -2.74. The summed E-state index contributed by atoms with van der Waals surface area (Å²) in [6, 6.07) is 10.2. The first-order valence-corrected chi connectivity index (χ1v) is 11.7. The van der Waals surface area contributed by atoms with Gasteiger partial charge in [0.25, 0.3) is 0 Å². The standard InChI is InChI=1S/C24H26N4OS2/c1-4-8-22(18(2)29-3)23-14-24(26-17-25-23)28-20-10-7-9-19(13-20)16-31-27-15-21-11-5-6-12-30-21/h4-11,13-14,17,27H,1-2,12,15-16H2,3H3,(H,25,26,28)/b22-8+. The number of thioether (sulfide) groups is 1. The van der Waals surface area contributed by atoms with Gasteiger partial charge in [0.1, 0.15) is 17.9 Å². The van der Waals surface area contributed by atoms with Gasteiger partial charge in [0.2, 0.25) is 0 Å². The first-order valence-electron chi connectivity index (χ1n) is 9.77. The molecule has 0 unspecified atom stereocenters. The molecule has 2 heterocycles. The van der Waals surface area contributed by atoms with Crippen LogP contribution in [0.5, 0.6) is 0 Å². The van der Waals surface area contributed by atoms with Crippen molar-refractivity contribution in [3.63, 3.8) is 0 Å². The van der Waals surface area contributed by atoms with Gasteiger partial charge in [-0.25, -0.2) is 9.97 Å². The second-order valence-corrected chi connectivity index (χ2v) is 8.55. The minimum atomic E-state index is 0.523. The van der Waals surface area contributed by atoms with E-state index in [1.54, 1.807) is 25.1 Å². The molecule has 0 aliphatic carbocycles. The average molecular weight is 451 g/mol. The molecule has 0 amide bonds. The van der Waals surface area contributed by atoms with Crippen LogP contribution in [0, 0.1) is 0 Å². The van der Waals surface area contributed by atoms with E-state index in [2.05, 4.69) is 63.5 Å². The second-order valence-electron chi connectivity index (χ2n) is 6.54. The summed E-state index contributed by atoms with van der Waals surface area (Å²) in [5, 5.41) is 3.36. The Balaban J connectivity index is 1.61. The third-order valence-electron chi connectivity index (χ3n) is 4.34. The number of allylic oxidation sites excluding steroid dienone is 5. The van der Waals surface area contributed by atoms with Crippen molar-refractivity contribution < 1.29 is 4.74 Å². The molecule has 31 heavy (non-hydrogen) atoms. The number of benzene rings is 1. The van der Waals surface area contributed by atoms with Gasteiger partial charge in [0, 0.05) is 35.4 Å². The van der Waals surface area contributed by atoms with Crippen LogP contribution in [-0.2, 0) is 10.5 Å². The predicted octanol–water partition coefficient (Wildman–Crippen LogP) is 5.87. The maximum Gasteiger partial charge on any atom is 0.134 e. The fraction of sp³-hybridized carbons (Fsp3) is 0.167. The molecular formula is C24H26N4OS2. The van der Waals surface area contributed by atoms with Crippen molar-refractivity contribution in [1.29, 1.82) is 0 Å². The molecule has 0 radical (unpaired) electrons. The first-order chi connectivity index (χ1) is 15.2. The van der Waals surface area contributed by atoms with Crippen LogP contribution in [0.4, 0.5) is 11.5 Å². The molecule has 1 aromatic heterocycles. The number of hydrogen-bond donors (Lipinski definition) is 2. The van der Waals surface area contributed by atoms with Crippen LogP contribution in [0.15, 0.2) is 90.9 Å². The van der Waals surface area contributed by atoms with Crippen molar-refractivity contribution in [3.05, 3.63) is 102 Å². The topological polar surface area (TPSA) is 59.1 Å². The van der Waals surface area contributed by atoms with Crippen molar-refractivity contribution in [2.75, 3.05) is 24.7 Å². The minimum absolute atomic E-state index is 0.523. The number of methoxy groups -OCH3 is 1. The van der Waals surface area contributed by atoms with E-state index in [0.717, 1.165) is 29.3 Å². The van der Waals surface area contributed by atoms with Crippen molar-refractivity contribution >= 4 is 40.8 Å². The van der Waals surface area contributed by atoms with E-state index in [0.29, 0.717) is 17.3 Å². The van der Waals surface area contributed by atoms with Crippen molar-refractivity contribution in [1.82, 2.24) is 14.7 Å². The third kappa shape index (κ3) is 7.17. The molecule has 5 nitrogen and oxygen atoms in total. The van der Waals surface area contributed by atoms with Crippen LogP contribution in [0.25, 0.3) is 5.57 Å². The number of aromatic nitrogens is 2. The SMILES string of the molecule is C=C/C=C(\C(=C)OC)c1cc(Nc2cccc(CSNCC3=CC=CCS3)c2)ncn1. The van der Waals surface area contributed by atoms with E-state index < -0.39 is 0 Å². The molecule has 2 aromatic rings. The predicted molar refractivity (Wildman–Crippen MR) is 135 cm³/mol. The minimum Gasteiger partial charge on any atom is -0.497 e. The molecule has 160 valence electrons. The van der Waals surface area contributed by atoms with Gasteiger partial charge in [-0.15, -0.1) is 11.8 Å².